The normalized spacial score (nSPS) is 13.6. The first-order chi connectivity index (χ1) is 22.1. The average Bonchev–Trinajstić information content (AvgIpc) is 3.37. The van der Waals surface area contributed by atoms with Crippen LogP contribution in [0, 0.1) is 6.92 Å². The van der Waals surface area contributed by atoms with Crippen LogP contribution in [0.2, 0.25) is 0 Å². The van der Waals surface area contributed by atoms with E-state index in [2.05, 4.69) is 24.0 Å². The first-order valence-electron chi connectivity index (χ1n) is 15.7. The average molecular weight is 620 g/mol. The number of aromatic nitrogens is 3. The highest BCUT2D eigenvalue weighted by Crippen LogP contribution is 2.38. The monoisotopic (exact) mass is 619 g/mol. The summed E-state index contributed by atoms with van der Waals surface area (Å²) >= 11 is 0. The van der Waals surface area contributed by atoms with Gasteiger partial charge in [-0.25, -0.2) is 4.79 Å². The molecular weight excluding hydrogens is 578 g/mol. The number of amides is 1. The Kier molecular flexibility index (Phi) is 8.83. The summed E-state index contributed by atoms with van der Waals surface area (Å²) in [6.45, 7) is 11.2. The first kappa shape index (κ1) is 31.0. The minimum Gasteiger partial charge on any atom is -0.473 e. The van der Waals surface area contributed by atoms with Crippen LogP contribution in [-0.4, -0.2) is 57.5 Å². The molecule has 0 aliphatic carbocycles. The van der Waals surface area contributed by atoms with E-state index in [1.54, 1.807) is 4.90 Å². The molecule has 0 radical (unpaired) electrons. The van der Waals surface area contributed by atoms with Gasteiger partial charge in [-0.1, -0.05) is 60.7 Å². The van der Waals surface area contributed by atoms with Gasteiger partial charge in [-0.3, -0.25) is 4.68 Å². The lowest BCUT2D eigenvalue weighted by molar-refractivity contribution is 0.0240. The molecule has 46 heavy (non-hydrogen) atoms. The Morgan fingerprint density at radius 3 is 2.09 bits per heavy atom. The fourth-order valence-electron chi connectivity index (χ4n) is 5.65. The number of nitrogens with zero attached hydrogens (tertiary/aromatic N) is 5. The molecule has 0 atom stereocenters. The summed E-state index contributed by atoms with van der Waals surface area (Å²) in [5.41, 5.74) is 6.47. The summed E-state index contributed by atoms with van der Waals surface area (Å²) in [7, 11) is 1.96. The molecule has 9 heteroatoms. The van der Waals surface area contributed by atoms with E-state index in [1.165, 1.54) is 0 Å². The molecule has 3 heterocycles. The number of pyridine rings is 1. The minimum atomic E-state index is -0.509. The summed E-state index contributed by atoms with van der Waals surface area (Å²) in [4.78, 5) is 21.5. The van der Waals surface area contributed by atoms with Crippen LogP contribution in [0.1, 0.15) is 37.5 Å². The standard InChI is InChI=1S/C37H41N5O4/c1-26-22-30-32(23-31(26)41-18-20-42(21-19-41)36(43)46-37(2,3)4)40(5)39-34(30)29-16-17-33(44-24-27-12-8-6-9-13-27)38-35(29)45-25-28-14-10-7-11-15-28/h6-17,22-23H,18-21,24-25H2,1-5H3. The van der Waals surface area contributed by atoms with E-state index in [-0.39, 0.29) is 6.09 Å². The van der Waals surface area contributed by atoms with Gasteiger partial charge >= 0.3 is 6.09 Å². The Morgan fingerprint density at radius 2 is 1.46 bits per heavy atom. The van der Waals surface area contributed by atoms with Crippen LogP contribution in [0.25, 0.3) is 22.2 Å². The highest BCUT2D eigenvalue weighted by atomic mass is 16.6. The predicted octanol–water partition coefficient (Wildman–Crippen LogP) is 7.16. The zero-order chi connectivity index (χ0) is 32.3. The number of carbonyl (C=O) groups excluding carboxylic acids is 1. The predicted molar refractivity (Wildman–Crippen MR) is 180 cm³/mol. The molecule has 0 unspecified atom stereocenters. The lowest BCUT2D eigenvalue weighted by atomic mass is 10.0. The second-order valence-electron chi connectivity index (χ2n) is 12.6. The Morgan fingerprint density at radius 1 is 0.826 bits per heavy atom. The third-order valence-corrected chi connectivity index (χ3v) is 7.98. The Bertz CT molecular complexity index is 1810. The highest BCUT2D eigenvalue weighted by Gasteiger charge is 2.27. The Balaban J connectivity index is 1.27. The maximum absolute atomic E-state index is 12.6. The minimum absolute atomic E-state index is 0.258. The molecule has 1 fully saturated rings. The third kappa shape index (κ3) is 7.09. The number of aryl methyl sites for hydroxylation is 2. The van der Waals surface area contributed by atoms with Gasteiger partial charge in [0.25, 0.3) is 0 Å². The van der Waals surface area contributed by atoms with Gasteiger partial charge in [0.15, 0.2) is 0 Å². The molecule has 0 saturated carbocycles. The van der Waals surface area contributed by atoms with Crippen molar-refractivity contribution in [3.05, 3.63) is 102 Å². The summed E-state index contributed by atoms with van der Waals surface area (Å²) in [5.74, 6) is 0.953. The van der Waals surface area contributed by atoms with Crippen molar-refractivity contribution in [2.75, 3.05) is 31.1 Å². The molecule has 1 aliphatic rings. The molecule has 0 spiro atoms. The maximum Gasteiger partial charge on any atom is 0.410 e. The number of hydrogen-bond acceptors (Lipinski definition) is 7. The van der Waals surface area contributed by atoms with Crippen molar-refractivity contribution in [3.8, 4) is 23.0 Å². The molecule has 1 aliphatic heterocycles. The molecular formula is C37H41N5O4. The van der Waals surface area contributed by atoms with Crippen molar-refractivity contribution in [2.24, 2.45) is 7.05 Å². The number of carbonyl (C=O) groups is 1. The molecule has 9 nitrogen and oxygen atoms in total. The zero-order valence-electron chi connectivity index (χ0n) is 27.2. The van der Waals surface area contributed by atoms with Crippen LogP contribution in [0.3, 0.4) is 0 Å². The van der Waals surface area contributed by atoms with Gasteiger partial charge < -0.3 is 24.0 Å². The van der Waals surface area contributed by atoms with Gasteiger partial charge in [-0.15, -0.1) is 0 Å². The lowest BCUT2D eigenvalue weighted by Gasteiger charge is -2.37. The van der Waals surface area contributed by atoms with E-state index in [0.29, 0.717) is 38.1 Å². The van der Waals surface area contributed by atoms with Crippen molar-refractivity contribution in [2.45, 2.75) is 46.5 Å². The van der Waals surface area contributed by atoms with Crippen LogP contribution in [0.4, 0.5) is 10.5 Å². The van der Waals surface area contributed by atoms with Gasteiger partial charge in [-0.2, -0.15) is 10.1 Å². The van der Waals surface area contributed by atoms with E-state index in [4.69, 9.17) is 24.3 Å². The molecule has 5 aromatic rings. The molecule has 1 amide bonds. The van der Waals surface area contributed by atoms with Crippen molar-refractivity contribution >= 4 is 22.7 Å². The number of anilines is 1. The van der Waals surface area contributed by atoms with Crippen LogP contribution < -0.4 is 14.4 Å². The summed E-state index contributed by atoms with van der Waals surface area (Å²) in [6, 6.07) is 28.3. The van der Waals surface area contributed by atoms with Crippen LogP contribution in [-0.2, 0) is 25.0 Å². The Hall–Kier alpha value is -5.05. The van der Waals surface area contributed by atoms with Crippen LogP contribution in [0.15, 0.2) is 84.9 Å². The highest BCUT2D eigenvalue weighted by molar-refractivity contribution is 5.97. The number of rotatable bonds is 8. The van der Waals surface area contributed by atoms with E-state index < -0.39 is 5.60 Å². The molecule has 0 N–H and O–H groups in total. The number of hydrogen-bond donors (Lipinski definition) is 0. The third-order valence-electron chi connectivity index (χ3n) is 7.98. The van der Waals surface area contributed by atoms with E-state index >= 15 is 0 Å². The summed E-state index contributed by atoms with van der Waals surface area (Å²) in [6.07, 6.45) is -0.258. The topological polar surface area (TPSA) is 82.0 Å². The molecule has 6 rings (SSSR count). The largest absolute Gasteiger partial charge is 0.473 e. The van der Waals surface area contributed by atoms with Crippen molar-refractivity contribution < 1.29 is 19.0 Å². The summed E-state index contributed by atoms with van der Waals surface area (Å²) in [5, 5.41) is 5.98. The van der Waals surface area contributed by atoms with Crippen molar-refractivity contribution in [1.82, 2.24) is 19.7 Å². The maximum atomic E-state index is 12.6. The van der Waals surface area contributed by atoms with E-state index in [0.717, 1.165) is 57.6 Å². The van der Waals surface area contributed by atoms with Gasteiger partial charge in [0.2, 0.25) is 11.8 Å². The SMILES string of the molecule is Cc1cc2c(-c3ccc(OCc4ccccc4)nc3OCc3ccccc3)nn(C)c2cc1N1CCN(C(=O)OC(C)(C)C)CC1. The van der Waals surface area contributed by atoms with Crippen LogP contribution >= 0.6 is 0 Å². The van der Waals surface area contributed by atoms with Gasteiger partial charge in [0.05, 0.1) is 11.1 Å². The van der Waals surface area contributed by atoms with Crippen molar-refractivity contribution in [1.29, 1.82) is 0 Å². The van der Waals surface area contributed by atoms with E-state index in [9.17, 15) is 4.79 Å². The lowest BCUT2D eigenvalue weighted by Crippen LogP contribution is -2.50. The second-order valence-corrected chi connectivity index (χ2v) is 12.6. The number of piperazine rings is 1. The van der Waals surface area contributed by atoms with Gasteiger partial charge in [0, 0.05) is 50.4 Å². The quantitative estimate of drug-likeness (QED) is 0.182. The second kappa shape index (κ2) is 13.1. The number of ether oxygens (including phenoxy) is 3. The van der Waals surface area contributed by atoms with Crippen molar-refractivity contribution in [3.63, 3.8) is 0 Å². The van der Waals surface area contributed by atoms with Gasteiger partial charge in [0.1, 0.15) is 24.5 Å². The number of benzene rings is 3. The molecule has 1 saturated heterocycles. The molecule has 0 bridgehead atoms. The first-order valence-corrected chi connectivity index (χ1v) is 15.7. The zero-order valence-corrected chi connectivity index (χ0v) is 27.2. The fourth-order valence-corrected chi connectivity index (χ4v) is 5.65. The van der Waals surface area contributed by atoms with Crippen LogP contribution in [0.5, 0.6) is 11.8 Å². The molecule has 238 valence electrons. The molecule has 3 aromatic carbocycles. The summed E-state index contributed by atoms with van der Waals surface area (Å²) < 4.78 is 19.9. The fraction of sp³-hybridized carbons (Fsp3) is 0.324. The molecule has 2 aromatic heterocycles. The number of fused-ring (bicyclic) bond motifs is 1. The Labute approximate surface area is 270 Å². The smallest absolute Gasteiger partial charge is 0.410 e. The van der Waals surface area contributed by atoms with E-state index in [1.807, 2.05) is 105 Å². The van der Waals surface area contributed by atoms with Gasteiger partial charge in [-0.05, 0) is 62.6 Å².